The van der Waals surface area contributed by atoms with Crippen molar-refractivity contribution in [3.63, 3.8) is 0 Å². The van der Waals surface area contributed by atoms with E-state index in [0.717, 1.165) is 11.8 Å². The van der Waals surface area contributed by atoms with Crippen LogP contribution in [-0.2, 0) is 0 Å². The molecule has 2 fully saturated rings. The minimum atomic E-state index is 0.701. The van der Waals surface area contributed by atoms with Gasteiger partial charge >= 0.3 is 0 Å². The van der Waals surface area contributed by atoms with Crippen LogP contribution in [-0.4, -0.2) is 0 Å². The van der Waals surface area contributed by atoms with Crippen molar-refractivity contribution < 1.29 is 0 Å². The second-order valence-corrected chi connectivity index (χ2v) is 5.38. The highest BCUT2D eigenvalue weighted by atomic mass is 14.7. The summed E-state index contributed by atoms with van der Waals surface area (Å²) < 4.78 is 0. The molecule has 0 aromatic rings. The zero-order valence-corrected chi connectivity index (χ0v) is 8.28. The Labute approximate surface area is 70.4 Å². The summed E-state index contributed by atoms with van der Waals surface area (Å²) in [4.78, 5) is 0. The Morgan fingerprint density at radius 1 is 1.00 bits per heavy atom. The molecule has 0 heterocycles. The predicted octanol–water partition coefficient (Wildman–Crippen LogP) is 3.47. The minimum absolute atomic E-state index is 0.701. The van der Waals surface area contributed by atoms with E-state index in [1.807, 2.05) is 0 Å². The third kappa shape index (κ3) is 0.711. The van der Waals surface area contributed by atoms with Gasteiger partial charge in [-0.25, -0.2) is 0 Å². The molecule has 0 spiro atoms. The van der Waals surface area contributed by atoms with Gasteiger partial charge in [0.1, 0.15) is 0 Å². The van der Waals surface area contributed by atoms with Gasteiger partial charge in [-0.2, -0.15) is 0 Å². The molecule has 2 aliphatic rings. The fourth-order valence-corrected chi connectivity index (χ4v) is 3.09. The van der Waals surface area contributed by atoms with Gasteiger partial charge in [0.2, 0.25) is 0 Å². The molecule has 0 N–H and O–H groups in total. The van der Waals surface area contributed by atoms with E-state index in [4.69, 9.17) is 0 Å². The first kappa shape index (κ1) is 7.64. The Hall–Kier alpha value is 0. The third-order valence-electron chi connectivity index (χ3n) is 5.15. The highest BCUT2D eigenvalue weighted by Crippen LogP contribution is 2.71. The first-order valence-corrected chi connectivity index (χ1v) is 5.01. The molecule has 0 nitrogen and oxygen atoms in total. The van der Waals surface area contributed by atoms with Crippen molar-refractivity contribution in [2.45, 2.75) is 47.0 Å². The van der Waals surface area contributed by atoms with Crippen LogP contribution >= 0.6 is 0 Å². The fourth-order valence-electron chi connectivity index (χ4n) is 3.09. The molecular formula is C11H20. The molecule has 0 bridgehead atoms. The summed E-state index contributed by atoms with van der Waals surface area (Å²) in [6, 6.07) is 0. The van der Waals surface area contributed by atoms with Gasteiger partial charge in [-0.1, -0.05) is 27.7 Å². The number of rotatable bonds is 1. The molecule has 2 rings (SSSR count). The molecule has 0 heteroatoms. The van der Waals surface area contributed by atoms with Crippen LogP contribution in [0.2, 0.25) is 0 Å². The summed E-state index contributed by atoms with van der Waals surface area (Å²) in [6.45, 7) is 9.84. The Morgan fingerprint density at radius 2 is 1.55 bits per heavy atom. The second-order valence-electron chi connectivity index (χ2n) is 5.38. The topological polar surface area (TPSA) is 0 Å². The van der Waals surface area contributed by atoms with Crippen molar-refractivity contribution in [3.8, 4) is 0 Å². The van der Waals surface area contributed by atoms with E-state index in [2.05, 4.69) is 27.7 Å². The number of hydrogen-bond donors (Lipinski definition) is 0. The summed E-state index contributed by atoms with van der Waals surface area (Å²) >= 11 is 0. The van der Waals surface area contributed by atoms with Gasteiger partial charge in [0, 0.05) is 0 Å². The fraction of sp³-hybridized carbons (Fsp3) is 1.00. The Morgan fingerprint density at radius 3 is 1.64 bits per heavy atom. The van der Waals surface area contributed by atoms with Crippen LogP contribution in [0.4, 0.5) is 0 Å². The predicted molar refractivity (Wildman–Crippen MR) is 48.4 cm³/mol. The van der Waals surface area contributed by atoms with E-state index in [0.29, 0.717) is 10.8 Å². The Bertz CT molecular complexity index is 184. The molecular weight excluding hydrogens is 132 g/mol. The average Bonchev–Trinajstić information content (AvgIpc) is 2.56. The van der Waals surface area contributed by atoms with Crippen LogP contribution in [0.5, 0.6) is 0 Å². The highest BCUT2D eigenvalue weighted by molar-refractivity contribution is 5.12. The number of hydrogen-bond acceptors (Lipinski definition) is 0. The standard InChI is InChI=1S/C11H20/c1-8-5-6-10(8,3)11(4)7-9(11)2/h8-9H,5-7H2,1-4H3. The molecule has 2 saturated carbocycles. The summed E-state index contributed by atoms with van der Waals surface area (Å²) in [5.74, 6) is 1.98. The van der Waals surface area contributed by atoms with E-state index < -0.39 is 0 Å². The van der Waals surface area contributed by atoms with Crippen molar-refractivity contribution in [1.82, 2.24) is 0 Å². The smallest absolute Gasteiger partial charge is 0.0241 e. The average molecular weight is 152 g/mol. The molecule has 0 radical (unpaired) electrons. The van der Waals surface area contributed by atoms with Gasteiger partial charge in [-0.05, 0) is 41.9 Å². The minimum Gasteiger partial charge on any atom is -0.0620 e. The molecule has 0 aromatic carbocycles. The molecule has 2 aliphatic carbocycles. The van der Waals surface area contributed by atoms with Crippen molar-refractivity contribution >= 4 is 0 Å². The molecule has 4 atom stereocenters. The summed E-state index contributed by atoms with van der Waals surface area (Å²) in [6.07, 6.45) is 4.43. The van der Waals surface area contributed by atoms with E-state index in [1.165, 1.54) is 19.3 Å². The SMILES string of the molecule is CC1CCC1(C)C1(C)CC1C. The van der Waals surface area contributed by atoms with Crippen LogP contribution in [0.1, 0.15) is 47.0 Å². The quantitative estimate of drug-likeness (QED) is 0.539. The molecule has 0 aromatic heterocycles. The lowest BCUT2D eigenvalue weighted by molar-refractivity contribution is -0.0169. The van der Waals surface area contributed by atoms with Crippen LogP contribution in [0, 0.1) is 22.7 Å². The van der Waals surface area contributed by atoms with Gasteiger partial charge < -0.3 is 0 Å². The second kappa shape index (κ2) is 1.84. The molecule has 0 aliphatic heterocycles. The first-order chi connectivity index (χ1) is 5.01. The third-order valence-corrected chi connectivity index (χ3v) is 5.15. The zero-order chi connectivity index (χ0) is 8.28. The summed E-state index contributed by atoms with van der Waals surface area (Å²) in [7, 11) is 0. The first-order valence-electron chi connectivity index (χ1n) is 5.01. The molecule has 64 valence electrons. The van der Waals surface area contributed by atoms with Gasteiger partial charge in [0.15, 0.2) is 0 Å². The van der Waals surface area contributed by atoms with Crippen molar-refractivity contribution in [2.75, 3.05) is 0 Å². The molecule has 0 saturated heterocycles. The van der Waals surface area contributed by atoms with Crippen LogP contribution in [0.3, 0.4) is 0 Å². The van der Waals surface area contributed by atoms with E-state index in [1.54, 1.807) is 0 Å². The maximum Gasteiger partial charge on any atom is -0.0241 e. The maximum absolute atomic E-state index is 2.50. The highest BCUT2D eigenvalue weighted by Gasteiger charge is 2.63. The van der Waals surface area contributed by atoms with E-state index in [-0.39, 0.29) is 0 Å². The van der Waals surface area contributed by atoms with Gasteiger partial charge in [0.05, 0.1) is 0 Å². The zero-order valence-electron chi connectivity index (χ0n) is 8.28. The van der Waals surface area contributed by atoms with Crippen molar-refractivity contribution in [3.05, 3.63) is 0 Å². The Balaban J connectivity index is 2.15. The normalized spacial score (nSPS) is 62.2. The lowest BCUT2D eigenvalue weighted by atomic mass is 9.54. The van der Waals surface area contributed by atoms with Crippen molar-refractivity contribution in [2.24, 2.45) is 22.7 Å². The summed E-state index contributed by atoms with van der Waals surface area (Å²) in [5, 5.41) is 0. The van der Waals surface area contributed by atoms with Crippen molar-refractivity contribution in [1.29, 1.82) is 0 Å². The lowest BCUT2D eigenvalue weighted by Gasteiger charge is -2.51. The molecule has 4 unspecified atom stereocenters. The van der Waals surface area contributed by atoms with E-state index in [9.17, 15) is 0 Å². The van der Waals surface area contributed by atoms with Gasteiger partial charge in [-0.3, -0.25) is 0 Å². The Kier molecular flexibility index (Phi) is 1.28. The largest absolute Gasteiger partial charge is 0.0620 e. The van der Waals surface area contributed by atoms with Crippen LogP contribution in [0.15, 0.2) is 0 Å². The maximum atomic E-state index is 2.50. The van der Waals surface area contributed by atoms with Gasteiger partial charge in [-0.15, -0.1) is 0 Å². The summed E-state index contributed by atoms with van der Waals surface area (Å²) in [5.41, 5.74) is 1.41. The molecule has 11 heavy (non-hydrogen) atoms. The van der Waals surface area contributed by atoms with E-state index >= 15 is 0 Å². The molecule has 0 amide bonds. The lowest BCUT2D eigenvalue weighted by Crippen LogP contribution is -2.43. The van der Waals surface area contributed by atoms with Crippen LogP contribution in [0.25, 0.3) is 0 Å². The van der Waals surface area contributed by atoms with Crippen LogP contribution < -0.4 is 0 Å². The monoisotopic (exact) mass is 152 g/mol. The van der Waals surface area contributed by atoms with Gasteiger partial charge in [0.25, 0.3) is 0 Å².